The number of likely N-dealkylation sites (N-methyl/N-ethyl adjacent to an activating group) is 1. The van der Waals surface area contributed by atoms with Gasteiger partial charge in [0.2, 0.25) is 18.2 Å². The molecule has 5 rings (SSSR count). The van der Waals surface area contributed by atoms with E-state index in [2.05, 4.69) is 0 Å². The number of nitrogens with zero attached hydrogens (tertiary/aromatic N) is 4. The molecule has 0 spiro atoms. The van der Waals surface area contributed by atoms with Crippen LogP contribution < -0.4 is 4.52 Å². The largest absolute Gasteiger partial charge is 0.427 e. The van der Waals surface area contributed by atoms with Crippen LogP contribution in [-0.4, -0.2) is 80.2 Å². The molecule has 0 radical (unpaired) electrons. The van der Waals surface area contributed by atoms with E-state index in [4.69, 9.17) is 14.3 Å². The standard InChI is InChI=1S/C26H27N4O6P/c1-27-16-25(32)30-23(13-18-9-11-21(12-10-18)36-37(34)35)26(33)28(15-24(30)29(27)17-31)14-20-7-4-6-19-5-2-3-8-22(19)20/h2-12,17,23-24,34-35H,13-16H2,1H3/t23-,24+/m0/s1. The first-order chi connectivity index (χ1) is 17.9. The number of carbonyl (C=O) groups excluding carboxylic acids is 3. The van der Waals surface area contributed by atoms with Gasteiger partial charge in [-0.3, -0.25) is 19.4 Å². The Morgan fingerprint density at radius 1 is 1.03 bits per heavy atom. The fourth-order valence-electron chi connectivity index (χ4n) is 5.17. The molecule has 192 valence electrons. The highest BCUT2D eigenvalue weighted by Crippen LogP contribution is 2.31. The predicted octanol–water partition coefficient (Wildman–Crippen LogP) is 1.86. The lowest BCUT2D eigenvalue weighted by atomic mass is 9.97. The molecule has 2 saturated heterocycles. The van der Waals surface area contributed by atoms with Crippen molar-refractivity contribution in [3.05, 3.63) is 77.9 Å². The highest BCUT2D eigenvalue weighted by molar-refractivity contribution is 7.39. The monoisotopic (exact) mass is 522 g/mol. The molecule has 0 aliphatic carbocycles. The fraction of sp³-hybridized carbons (Fsp3) is 0.269. The third kappa shape index (κ3) is 5.01. The number of amides is 3. The Balaban J connectivity index is 1.48. The van der Waals surface area contributed by atoms with E-state index in [1.807, 2.05) is 42.5 Å². The van der Waals surface area contributed by atoms with Crippen LogP contribution in [0.4, 0.5) is 0 Å². The highest BCUT2D eigenvalue weighted by atomic mass is 31.2. The quantitative estimate of drug-likeness (QED) is 0.360. The number of rotatable bonds is 7. The van der Waals surface area contributed by atoms with Crippen LogP contribution in [0.2, 0.25) is 0 Å². The zero-order valence-electron chi connectivity index (χ0n) is 20.2. The summed E-state index contributed by atoms with van der Waals surface area (Å²) in [5.74, 6) is -0.129. The molecular formula is C26H27N4O6P. The Morgan fingerprint density at radius 3 is 2.49 bits per heavy atom. The zero-order valence-corrected chi connectivity index (χ0v) is 21.1. The van der Waals surface area contributed by atoms with E-state index in [9.17, 15) is 14.4 Å². The third-order valence-electron chi connectivity index (χ3n) is 6.88. The molecule has 0 aromatic heterocycles. The van der Waals surface area contributed by atoms with Crippen molar-refractivity contribution >= 4 is 37.6 Å². The minimum absolute atomic E-state index is 0.00827. The van der Waals surface area contributed by atoms with Crippen molar-refractivity contribution in [1.82, 2.24) is 19.8 Å². The molecule has 2 aliphatic heterocycles. The first kappa shape index (κ1) is 25.1. The van der Waals surface area contributed by atoms with Gasteiger partial charge in [0, 0.05) is 20.0 Å². The van der Waals surface area contributed by atoms with Crippen molar-refractivity contribution in [1.29, 1.82) is 0 Å². The van der Waals surface area contributed by atoms with Crippen LogP contribution in [0.1, 0.15) is 11.1 Å². The second-order valence-corrected chi connectivity index (χ2v) is 9.84. The third-order valence-corrected chi connectivity index (χ3v) is 7.25. The lowest BCUT2D eigenvalue weighted by Gasteiger charge is -2.53. The van der Waals surface area contributed by atoms with Crippen LogP contribution in [-0.2, 0) is 27.3 Å². The maximum atomic E-state index is 13.9. The Morgan fingerprint density at radius 2 is 1.76 bits per heavy atom. The van der Waals surface area contributed by atoms with E-state index in [1.54, 1.807) is 41.2 Å². The summed E-state index contributed by atoms with van der Waals surface area (Å²) in [6.07, 6.45) is 0.300. The summed E-state index contributed by atoms with van der Waals surface area (Å²) >= 11 is 0. The van der Waals surface area contributed by atoms with E-state index < -0.39 is 20.8 Å². The average Bonchev–Trinajstić information content (AvgIpc) is 2.87. The predicted molar refractivity (Wildman–Crippen MR) is 136 cm³/mol. The highest BCUT2D eigenvalue weighted by Gasteiger charge is 2.49. The number of hydrazine groups is 1. The molecule has 11 heteroatoms. The van der Waals surface area contributed by atoms with Gasteiger partial charge >= 0.3 is 8.60 Å². The van der Waals surface area contributed by atoms with Gasteiger partial charge in [-0.15, -0.1) is 0 Å². The van der Waals surface area contributed by atoms with Crippen molar-refractivity contribution in [2.24, 2.45) is 0 Å². The number of carbonyl (C=O) groups is 3. The summed E-state index contributed by atoms with van der Waals surface area (Å²) in [5.41, 5.74) is 1.75. The Kier molecular flexibility index (Phi) is 7.08. The van der Waals surface area contributed by atoms with Crippen LogP contribution in [0.5, 0.6) is 5.75 Å². The molecule has 0 saturated carbocycles. The van der Waals surface area contributed by atoms with Crippen LogP contribution in [0.25, 0.3) is 10.8 Å². The second-order valence-electron chi connectivity index (χ2n) is 9.15. The second kappa shape index (κ2) is 10.4. The minimum atomic E-state index is -2.54. The van der Waals surface area contributed by atoms with Gasteiger partial charge in [-0.2, -0.15) is 0 Å². The topological polar surface area (TPSA) is 114 Å². The van der Waals surface area contributed by atoms with Gasteiger partial charge in [0.25, 0.3) is 0 Å². The van der Waals surface area contributed by atoms with Crippen molar-refractivity contribution in [3.8, 4) is 5.75 Å². The Labute approximate surface area is 215 Å². The van der Waals surface area contributed by atoms with Gasteiger partial charge in [-0.05, 0) is 34.0 Å². The molecule has 37 heavy (non-hydrogen) atoms. The molecule has 3 amide bonds. The number of piperazine rings is 1. The Bertz CT molecular complexity index is 1310. The van der Waals surface area contributed by atoms with Crippen LogP contribution in [0.3, 0.4) is 0 Å². The summed E-state index contributed by atoms with van der Waals surface area (Å²) < 4.78 is 4.93. The van der Waals surface area contributed by atoms with Crippen LogP contribution >= 0.6 is 8.60 Å². The van der Waals surface area contributed by atoms with E-state index in [1.165, 1.54) is 9.91 Å². The lowest BCUT2D eigenvalue weighted by molar-refractivity contribution is -0.196. The summed E-state index contributed by atoms with van der Waals surface area (Å²) in [4.78, 5) is 60.5. The Hall–Kier alpha value is -3.56. The number of hydrogen-bond acceptors (Lipinski definition) is 7. The molecule has 10 nitrogen and oxygen atoms in total. The van der Waals surface area contributed by atoms with Gasteiger partial charge < -0.3 is 24.1 Å². The molecular weight excluding hydrogens is 495 g/mol. The van der Waals surface area contributed by atoms with Gasteiger partial charge in [0.05, 0.1) is 13.1 Å². The molecule has 2 atom stereocenters. The molecule has 2 fully saturated rings. The van der Waals surface area contributed by atoms with E-state index in [-0.39, 0.29) is 37.1 Å². The normalized spacial score (nSPS) is 20.5. The van der Waals surface area contributed by atoms with E-state index >= 15 is 0 Å². The smallest absolute Gasteiger partial charge is 0.391 e. The average molecular weight is 522 g/mol. The number of fused-ring (bicyclic) bond motifs is 2. The molecule has 2 heterocycles. The number of hydrogen-bond donors (Lipinski definition) is 2. The molecule has 3 aromatic carbocycles. The molecule has 0 bridgehead atoms. The first-order valence-corrected chi connectivity index (χ1v) is 13.0. The van der Waals surface area contributed by atoms with Gasteiger partial charge in [0.1, 0.15) is 18.0 Å². The van der Waals surface area contributed by atoms with Crippen LogP contribution in [0, 0.1) is 0 Å². The summed E-state index contributed by atoms with van der Waals surface area (Å²) in [7, 11) is -0.858. The first-order valence-electron chi connectivity index (χ1n) is 11.8. The van der Waals surface area contributed by atoms with Gasteiger partial charge in [-0.1, -0.05) is 54.6 Å². The van der Waals surface area contributed by atoms with E-state index in [0.717, 1.165) is 21.9 Å². The SMILES string of the molecule is CN1CC(=O)N2[C@@H](Cc3ccc(OP(O)O)cc3)C(=O)N(Cc3cccc4ccccc34)C[C@@H]2N1C=O. The summed E-state index contributed by atoms with van der Waals surface area (Å²) in [6, 6.07) is 19.7. The van der Waals surface area contributed by atoms with Crippen molar-refractivity contribution in [2.45, 2.75) is 25.2 Å². The summed E-state index contributed by atoms with van der Waals surface area (Å²) in [5, 5.41) is 5.16. The lowest BCUT2D eigenvalue weighted by Crippen LogP contribution is -2.74. The maximum absolute atomic E-state index is 13.9. The van der Waals surface area contributed by atoms with Crippen LogP contribution in [0.15, 0.2) is 66.7 Å². The maximum Gasteiger partial charge on any atom is 0.391 e. The molecule has 2 N–H and O–H groups in total. The fourth-order valence-corrected chi connectivity index (χ4v) is 5.48. The molecule has 2 aliphatic rings. The molecule has 0 unspecified atom stereocenters. The van der Waals surface area contributed by atoms with Crippen molar-refractivity contribution in [2.75, 3.05) is 20.1 Å². The minimum Gasteiger partial charge on any atom is -0.427 e. The van der Waals surface area contributed by atoms with E-state index in [0.29, 0.717) is 13.0 Å². The van der Waals surface area contributed by atoms with Gasteiger partial charge in [-0.25, -0.2) is 5.01 Å². The molecule has 3 aromatic rings. The zero-order chi connectivity index (χ0) is 26.1. The van der Waals surface area contributed by atoms with Crippen molar-refractivity contribution < 1.29 is 28.7 Å². The summed E-state index contributed by atoms with van der Waals surface area (Å²) in [6.45, 7) is 0.525. The van der Waals surface area contributed by atoms with Gasteiger partial charge in [0.15, 0.2) is 0 Å². The van der Waals surface area contributed by atoms with Crippen molar-refractivity contribution in [3.63, 3.8) is 0 Å². The number of benzene rings is 3.